The molecule has 0 aliphatic carbocycles. The average molecular weight is 323 g/mol. The molecule has 0 saturated heterocycles. The van der Waals surface area contributed by atoms with Crippen LogP contribution < -0.4 is 10.1 Å². The zero-order valence-electron chi connectivity index (χ0n) is 14.2. The number of hydrogen-bond donors (Lipinski definition) is 1. The minimum atomic E-state index is -0.197. The molecule has 1 N–H and O–H groups in total. The third-order valence-corrected chi connectivity index (χ3v) is 4.23. The molecule has 3 aromatic rings. The van der Waals surface area contributed by atoms with Crippen LogP contribution in [0.25, 0.3) is 11.0 Å². The standard InChI is InChI=1S/C20H21NO3/c1-4-14-7-10-18-17(11-14)13(2)19(24-18)20(22)21-12-15-5-8-16(23-3)9-6-15/h5-11H,4,12H2,1-3H3,(H,21,22). The Kier molecular flexibility index (Phi) is 4.56. The second-order valence-corrected chi connectivity index (χ2v) is 5.77. The summed E-state index contributed by atoms with van der Waals surface area (Å²) in [5, 5.41) is 3.91. The molecule has 0 atom stereocenters. The average Bonchev–Trinajstić information content (AvgIpc) is 2.96. The maximum Gasteiger partial charge on any atom is 0.287 e. The number of nitrogens with one attached hydrogen (secondary N) is 1. The number of aryl methyl sites for hydroxylation is 2. The molecule has 0 aliphatic heterocycles. The molecule has 0 aliphatic rings. The smallest absolute Gasteiger partial charge is 0.287 e. The van der Waals surface area contributed by atoms with Crippen molar-refractivity contribution in [3.63, 3.8) is 0 Å². The van der Waals surface area contributed by atoms with Gasteiger partial charge in [-0.1, -0.05) is 25.1 Å². The molecule has 0 bridgehead atoms. The first-order valence-electron chi connectivity index (χ1n) is 8.05. The van der Waals surface area contributed by atoms with E-state index in [4.69, 9.17) is 9.15 Å². The van der Waals surface area contributed by atoms with E-state index in [1.807, 2.05) is 43.3 Å². The van der Waals surface area contributed by atoms with Crippen LogP contribution in [0.2, 0.25) is 0 Å². The number of furan rings is 1. The van der Waals surface area contributed by atoms with Crippen molar-refractivity contribution in [2.24, 2.45) is 0 Å². The fourth-order valence-electron chi connectivity index (χ4n) is 2.71. The fraction of sp³-hybridized carbons (Fsp3) is 0.250. The van der Waals surface area contributed by atoms with Gasteiger partial charge in [0.2, 0.25) is 0 Å². The summed E-state index contributed by atoms with van der Waals surface area (Å²) in [6.07, 6.45) is 0.958. The molecule has 0 unspecified atom stereocenters. The summed E-state index contributed by atoms with van der Waals surface area (Å²) in [7, 11) is 1.63. The van der Waals surface area contributed by atoms with Crippen LogP contribution >= 0.6 is 0 Å². The van der Waals surface area contributed by atoms with E-state index in [1.165, 1.54) is 5.56 Å². The van der Waals surface area contributed by atoms with Gasteiger partial charge in [0.15, 0.2) is 5.76 Å². The van der Waals surface area contributed by atoms with Gasteiger partial charge in [-0.2, -0.15) is 0 Å². The molecule has 3 rings (SSSR count). The van der Waals surface area contributed by atoms with Gasteiger partial charge >= 0.3 is 0 Å². The van der Waals surface area contributed by atoms with Crippen LogP contribution in [0.15, 0.2) is 46.9 Å². The Morgan fingerprint density at radius 3 is 2.50 bits per heavy atom. The van der Waals surface area contributed by atoms with Crippen molar-refractivity contribution >= 4 is 16.9 Å². The summed E-state index contributed by atoms with van der Waals surface area (Å²) >= 11 is 0. The fourth-order valence-corrected chi connectivity index (χ4v) is 2.71. The van der Waals surface area contributed by atoms with Gasteiger partial charge in [0.05, 0.1) is 7.11 Å². The number of benzene rings is 2. The minimum absolute atomic E-state index is 0.197. The Labute approximate surface area is 141 Å². The molecule has 0 fully saturated rings. The normalized spacial score (nSPS) is 10.8. The van der Waals surface area contributed by atoms with Crippen LogP contribution in [0.4, 0.5) is 0 Å². The van der Waals surface area contributed by atoms with Crippen molar-refractivity contribution < 1.29 is 13.9 Å². The quantitative estimate of drug-likeness (QED) is 0.764. The lowest BCUT2D eigenvalue weighted by Crippen LogP contribution is -2.22. The highest BCUT2D eigenvalue weighted by atomic mass is 16.5. The van der Waals surface area contributed by atoms with E-state index in [1.54, 1.807) is 7.11 Å². The molecule has 0 spiro atoms. The molecular weight excluding hydrogens is 302 g/mol. The van der Waals surface area contributed by atoms with E-state index in [0.717, 1.165) is 34.3 Å². The number of amides is 1. The number of rotatable bonds is 5. The Balaban J connectivity index is 1.76. The summed E-state index contributed by atoms with van der Waals surface area (Å²) in [5.74, 6) is 0.981. The van der Waals surface area contributed by atoms with Gasteiger partial charge in [-0.15, -0.1) is 0 Å². The highest BCUT2D eigenvalue weighted by Gasteiger charge is 2.17. The predicted molar refractivity (Wildman–Crippen MR) is 94.5 cm³/mol. The molecule has 1 heterocycles. The van der Waals surface area contributed by atoms with Crippen LogP contribution in [-0.4, -0.2) is 13.0 Å². The van der Waals surface area contributed by atoms with E-state index in [2.05, 4.69) is 18.3 Å². The van der Waals surface area contributed by atoms with Gasteiger partial charge in [0.1, 0.15) is 11.3 Å². The first-order valence-corrected chi connectivity index (χ1v) is 8.05. The second kappa shape index (κ2) is 6.79. The van der Waals surface area contributed by atoms with E-state index in [9.17, 15) is 4.79 Å². The number of fused-ring (bicyclic) bond motifs is 1. The molecule has 2 aromatic carbocycles. The summed E-state index contributed by atoms with van der Waals surface area (Å²) < 4.78 is 10.9. The van der Waals surface area contributed by atoms with Crippen LogP contribution in [0, 0.1) is 6.92 Å². The van der Waals surface area contributed by atoms with Gasteiger partial charge in [0.25, 0.3) is 5.91 Å². The van der Waals surface area contributed by atoms with Crippen molar-refractivity contribution in [1.29, 1.82) is 0 Å². The maximum absolute atomic E-state index is 12.5. The van der Waals surface area contributed by atoms with Crippen molar-refractivity contribution in [1.82, 2.24) is 5.32 Å². The topological polar surface area (TPSA) is 51.5 Å². The van der Waals surface area contributed by atoms with Crippen molar-refractivity contribution in [2.75, 3.05) is 7.11 Å². The zero-order valence-corrected chi connectivity index (χ0v) is 14.2. The monoisotopic (exact) mass is 323 g/mol. The first kappa shape index (κ1) is 16.1. The highest BCUT2D eigenvalue weighted by Crippen LogP contribution is 2.26. The second-order valence-electron chi connectivity index (χ2n) is 5.77. The lowest BCUT2D eigenvalue weighted by Gasteiger charge is -2.05. The molecular formula is C20H21NO3. The number of carbonyl (C=O) groups is 1. The Morgan fingerprint density at radius 1 is 1.12 bits per heavy atom. The van der Waals surface area contributed by atoms with Crippen LogP contribution in [-0.2, 0) is 13.0 Å². The zero-order chi connectivity index (χ0) is 17.1. The number of carbonyl (C=O) groups excluding carboxylic acids is 1. The maximum atomic E-state index is 12.5. The first-order chi connectivity index (χ1) is 11.6. The van der Waals surface area contributed by atoms with Gasteiger partial charge in [-0.05, 0) is 48.7 Å². The lowest BCUT2D eigenvalue weighted by atomic mass is 10.1. The van der Waals surface area contributed by atoms with Gasteiger partial charge in [0, 0.05) is 17.5 Å². The largest absolute Gasteiger partial charge is 0.497 e. The van der Waals surface area contributed by atoms with Crippen molar-refractivity contribution in [2.45, 2.75) is 26.8 Å². The SMILES string of the molecule is CCc1ccc2oc(C(=O)NCc3ccc(OC)cc3)c(C)c2c1. The Bertz CT molecular complexity index is 862. The van der Waals surface area contributed by atoms with Crippen LogP contribution in [0.5, 0.6) is 5.75 Å². The minimum Gasteiger partial charge on any atom is -0.497 e. The van der Waals surface area contributed by atoms with E-state index >= 15 is 0 Å². The molecule has 4 heteroatoms. The third-order valence-electron chi connectivity index (χ3n) is 4.23. The van der Waals surface area contributed by atoms with Crippen LogP contribution in [0.3, 0.4) is 0 Å². The molecule has 24 heavy (non-hydrogen) atoms. The molecule has 0 radical (unpaired) electrons. The van der Waals surface area contributed by atoms with E-state index < -0.39 is 0 Å². The van der Waals surface area contributed by atoms with Gasteiger partial charge < -0.3 is 14.5 Å². The number of ether oxygens (including phenoxy) is 1. The molecule has 1 amide bonds. The molecule has 0 saturated carbocycles. The third kappa shape index (κ3) is 3.13. The number of hydrogen-bond acceptors (Lipinski definition) is 3. The lowest BCUT2D eigenvalue weighted by molar-refractivity contribution is 0.0924. The Hall–Kier alpha value is -2.75. The van der Waals surface area contributed by atoms with Gasteiger partial charge in [-0.3, -0.25) is 4.79 Å². The molecule has 1 aromatic heterocycles. The predicted octanol–water partition coefficient (Wildman–Crippen LogP) is 4.24. The highest BCUT2D eigenvalue weighted by molar-refractivity contribution is 5.99. The van der Waals surface area contributed by atoms with Crippen molar-refractivity contribution in [3.05, 3.63) is 64.9 Å². The summed E-state index contributed by atoms with van der Waals surface area (Å²) in [5.41, 5.74) is 3.87. The summed E-state index contributed by atoms with van der Waals surface area (Å²) in [6.45, 7) is 4.48. The number of methoxy groups -OCH3 is 1. The van der Waals surface area contributed by atoms with Gasteiger partial charge in [-0.25, -0.2) is 0 Å². The summed E-state index contributed by atoms with van der Waals surface area (Å²) in [4.78, 5) is 12.5. The van der Waals surface area contributed by atoms with Crippen LogP contribution in [0.1, 0.15) is 34.2 Å². The molecule has 124 valence electrons. The van der Waals surface area contributed by atoms with E-state index in [0.29, 0.717) is 12.3 Å². The molecule has 4 nitrogen and oxygen atoms in total. The van der Waals surface area contributed by atoms with E-state index in [-0.39, 0.29) is 5.91 Å². The van der Waals surface area contributed by atoms with Crippen molar-refractivity contribution in [3.8, 4) is 5.75 Å². The summed E-state index contributed by atoms with van der Waals surface area (Å²) in [6, 6.07) is 13.7. The Morgan fingerprint density at radius 2 is 1.83 bits per heavy atom.